The second-order valence-corrected chi connectivity index (χ2v) is 1.72. The Morgan fingerprint density at radius 3 is 2.00 bits per heavy atom. The fourth-order valence-corrected chi connectivity index (χ4v) is 0.518. The number of nitrogens with one attached hydrogen (secondary N) is 1. The van der Waals surface area contributed by atoms with Crippen LogP contribution in [0.5, 0.6) is 0 Å². The van der Waals surface area contributed by atoms with Crippen molar-refractivity contribution in [2.45, 2.75) is 0 Å². The molecule has 0 amide bonds. The van der Waals surface area contributed by atoms with Gasteiger partial charge in [0.25, 0.3) is 0 Å². The third kappa shape index (κ3) is 4.23. The van der Waals surface area contributed by atoms with Crippen LogP contribution < -0.4 is 11.5 Å². The Hall–Kier alpha value is -2.27. The molecule has 0 saturated heterocycles. The van der Waals surface area contributed by atoms with Gasteiger partial charge in [0.2, 0.25) is 18.0 Å². The lowest BCUT2D eigenvalue weighted by molar-refractivity contribution is 0.563. The van der Waals surface area contributed by atoms with Crippen LogP contribution in [0, 0.1) is 5.41 Å². The summed E-state index contributed by atoms with van der Waals surface area (Å²) in [6, 6.07) is 0. The maximum absolute atomic E-state index is 8.35. The van der Waals surface area contributed by atoms with Crippen LogP contribution in [0.2, 0.25) is 0 Å². The minimum atomic E-state index is 0.113. The van der Waals surface area contributed by atoms with Crippen LogP contribution in [0.1, 0.15) is 5.82 Å². The van der Waals surface area contributed by atoms with Crippen LogP contribution in [-0.2, 0) is 4.79 Å². The topological polar surface area (TPSA) is 132 Å². The second-order valence-electron chi connectivity index (χ2n) is 1.72. The van der Waals surface area contributed by atoms with E-state index in [9.17, 15) is 0 Å². The summed E-state index contributed by atoms with van der Waals surface area (Å²) in [7, 11) is 0. The van der Waals surface area contributed by atoms with Crippen molar-refractivity contribution in [1.82, 2.24) is 15.0 Å². The Bertz CT molecular complexity index is 310. The Labute approximate surface area is 74.0 Å². The Morgan fingerprint density at radius 1 is 1.31 bits per heavy atom. The number of carbonyl (C=O) groups excluding carboxylic acids is 1. The highest BCUT2D eigenvalue weighted by Gasteiger charge is 1.95. The van der Waals surface area contributed by atoms with Gasteiger partial charge < -0.3 is 11.5 Å². The van der Waals surface area contributed by atoms with Crippen LogP contribution >= 0.6 is 0 Å². The van der Waals surface area contributed by atoms with Gasteiger partial charge >= 0.3 is 0 Å². The monoisotopic (exact) mass is 180 g/mol. The molecule has 0 unspecified atom stereocenters. The van der Waals surface area contributed by atoms with Crippen molar-refractivity contribution in [3.8, 4) is 0 Å². The largest absolute Gasteiger partial charge is 0.368 e. The van der Waals surface area contributed by atoms with Gasteiger partial charge in [-0.1, -0.05) is 6.58 Å². The van der Waals surface area contributed by atoms with E-state index < -0.39 is 0 Å². The molecule has 7 heteroatoms. The van der Waals surface area contributed by atoms with Crippen molar-refractivity contribution in [3.05, 3.63) is 12.4 Å². The highest BCUT2D eigenvalue weighted by molar-refractivity contribution is 5.41. The predicted octanol–water partition coefficient (Wildman–Crippen LogP) is -0.420. The molecule has 13 heavy (non-hydrogen) atoms. The van der Waals surface area contributed by atoms with Crippen LogP contribution in [0.15, 0.2) is 6.58 Å². The molecular formula is C6H8N6O. The van der Waals surface area contributed by atoms with Gasteiger partial charge in [-0.2, -0.15) is 15.0 Å². The highest BCUT2D eigenvalue weighted by atomic mass is 16.1. The molecule has 68 valence electrons. The Morgan fingerprint density at radius 2 is 1.69 bits per heavy atom. The van der Waals surface area contributed by atoms with Gasteiger partial charge in [0.05, 0.1) is 0 Å². The van der Waals surface area contributed by atoms with Crippen LogP contribution in [0.25, 0.3) is 6.08 Å². The van der Waals surface area contributed by atoms with Crippen molar-refractivity contribution in [1.29, 1.82) is 5.41 Å². The van der Waals surface area contributed by atoms with E-state index in [4.69, 9.17) is 21.7 Å². The van der Waals surface area contributed by atoms with E-state index in [-0.39, 0.29) is 11.9 Å². The zero-order chi connectivity index (χ0) is 10.3. The number of aromatic nitrogens is 3. The van der Waals surface area contributed by atoms with Gasteiger partial charge in [0.1, 0.15) is 0 Å². The zero-order valence-electron chi connectivity index (χ0n) is 6.69. The summed E-state index contributed by atoms with van der Waals surface area (Å²) < 4.78 is 0. The third-order valence-corrected chi connectivity index (χ3v) is 0.870. The van der Waals surface area contributed by atoms with Gasteiger partial charge in [-0.05, 0) is 6.08 Å². The average Bonchev–Trinajstić information content (AvgIpc) is 2.04. The van der Waals surface area contributed by atoms with Crippen molar-refractivity contribution in [3.63, 3.8) is 0 Å². The number of hydrogen-bond acceptors (Lipinski definition) is 7. The van der Waals surface area contributed by atoms with E-state index in [0.29, 0.717) is 5.82 Å². The fourth-order valence-electron chi connectivity index (χ4n) is 0.518. The lowest BCUT2D eigenvalue weighted by Crippen LogP contribution is -2.03. The molecule has 1 heterocycles. The van der Waals surface area contributed by atoms with E-state index >= 15 is 0 Å². The van der Waals surface area contributed by atoms with E-state index in [0.717, 1.165) is 6.08 Å². The van der Waals surface area contributed by atoms with E-state index in [1.807, 2.05) is 0 Å². The van der Waals surface area contributed by atoms with Crippen molar-refractivity contribution < 1.29 is 4.79 Å². The summed E-state index contributed by atoms with van der Waals surface area (Å²) in [5, 5.41) is 5.40. The normalized spacial score (nSPS) is 7.69. The van der Waals surface area contributed by atoms with Crippen molar-refractivity contribution in [2.75, 3.05) is 11.5 Å². The van der Waals surface area contributed by atoms with Crippen molar-refractivity contribution >= 4 is 24.1 Å². The number of nitrogens with two attached hydrogens (primary N) is 2. The molecule has 1 aromatic rings. The van der Waals surface area contributed by atoms with Crippen molar-refractivity contribution in [2.24, 2.45) is 0 Å². The zero-order valence-corrected chi connectivity index (χ0v) is 6.69. The number of rotatable bonds is 1. The highest BCUT2D eigenvalue weighted by Crippen LogP contribution is 1.98. The van der Waals surface area contributed by atoms with Gasteiger partial charge in [0.15, 0.2) is 5.82 Å². The van der Waals surface area contributed by atoms with Crippen LogP contribution in [0.4, 0.5) is 11.9 Å². The first-order valence-corrected chi connectivity index (χ1v) is 3.07. The number of anilines is 2. The van der Waals surface area contributed by atoms with E-state index in [1.54, 1.807) is 0 Å². The number of nitrogen functional groups attached to an aromatic ring is 2. The van der Waals surface area contributed by atoms with Crippen LogP contribution in [0.3, 0.4) is 0 Å². The molecule has 0 fully saturated rings. The first-order valence-electron chi connectivity index (χ1n) is 3.07. The van der Waals surface area contributed by atoms with Crippen LogP contribution in [-0.4, -0.2) is 21.0 Å². The molecule has 1 aromatic heterocycles. The summed E-state index contributed by atoms with van der Waals surface area (Å²) in [5.41, 5.74) is 10.5. The summed E-state index contributed by atoms with van der Waals surface area (Å²) in [5.74, 6) is 0.620. The summed E-state index contributed by atoms with van der Waals surface area (Å²) >= 11 is 0. The molecule has 0 aromatic carbocycles. The van der Waals surface area contributed by atoms with Gasteiger partial charge in [-0.15, -0.1) is 0 Å². The molecule has 0 radical (unpaired) electrons. The average molecular weight is 180 g/mol. The molecule has 0 bridgehead atoms. The number of nitrogens with zero attached hydrogens (tertiary/aromatic N) is 3. The molecular weight excluding hydrogens is 172 g/mol. The quantitative estimate of drug-likeness (QED) is 0.397. The molecule has 7 nitrogen and oxygen atoms in total. The molecule has 0 aliphatic rings. The SMILES string of the molecule is C=Cc1nc(N)nc(N)n1.N=C=O. The van der Waals surface area contributed by atoms with E-state index in [1.165, 1.54) is 6.08 Å². The molecule has 0 aliphatic heterocycles. The van der Waals surface area contributed by atoms with Gasteiger partial charge in [-0.25, -0.2) is 10.2 Å². The molecule has 1 rings (SSSR count). The lowest BCUT2D eigenvalue weighted by atomic mass is 10.6. The van der Waals surface area contributed by atoms with Gasteiger partial charge in [0, 0.05) is 0 Å². The molecule has 0 saturated carbocycles. The predicted molar refractivity (Wildman–Crippen MR) is 47.2 cm³/mol. The molecule has 0 aliphatic carbocycles. The first-order chi connectivity index (χ1) is 6.13. The van der Waals surface area contributed by atoms with E-state index in [2.05, 4.69) is 21.5 Å². The molecule has 5 N–H and O–H groups in total. The molecule has 0 spiro atoms. The summed E-state index contributed by atoms with van der Waals surface area (Å²) in [6.07, 6.45) is 2.20. The smallest absolute Gasteiger partial charge is 0.231 e. The maximum atomic E-state index is 8.35. The number of hydrogen-bond donors (Lipinski definition) is 3. The standard InChI is InChI=1S/C5H7N5.CHNO/c1-2-3-8-4(6)10-5(7)9-3;2-1-3/h2H,1H2,(H4,6,7,8,9,10);2H. The number of isocyanates is 1. The maximum Gasteiger partial charge on any atom is 0.231 e. The first kappa shape index (κ1) is 10.7. The Balaban J connectivity index is 0.000000424. The lowest BCUT2D eigenvalue weighted by Gasteiger charge is -1.94. The fraction of sp³-hybridized carbons (Fsp3) is 0. The summed E-state index contributed by atoms with van der Waals surface area (Å²) in [6.45, 7) is 3.45. The Kier molecular flexibility index (Phi) is 4.45. The second kappa shape index (κ2) is 5.39. The minimum Gasteiger partial charge on any atom is -0.368 e. The van der Waals surface area contributed by atoms with Gasteiger partial charge in [-0.3, -0.25) is 0 Å². The third-order valence-electron chi connectivity index (χ3n) is 0.870. The molecule has 0 atom stereocenters. The minimum absolute atomic E-state index is 0.113. The summed E-state index contributed by atoms with van der Waals surface area (Å²) in [4.78, 5) is 19.3.